The topological polar surface area (TPSA) is 137 Å². The number of aliphatic hydroxyl groups is 3. The van der Waals surface area contributed by atoms with Gasteiger partial charge >= 0.3 is 5.91 Å². The Kier molecular flexibility index (Phi) is 4.32. The number of likely N-dealkylation sites (N-methyl/N-ethyl adjacent to an activating group) is 1. The van der Waals surface area contributed by atoms with E-state index in [0.717, 1.165) is 21.4 Å². The molecule has 6 aliphatic rings. The third kappa shape index (κ3) is 2.18. The van der Waals surface area contributed by atoms with Crippen molar-refractivity contribution < 1.29 is 39.3 Å². The van der Waals surface area contributed by atoms with Gasteiger partial charge in [-0.2, -0.15) is 5.06 Å². The minimum absolute atomic E-state index is 0.452. The lowest BCUT2D eigenvalue weighted by Crippen LogP contribution is -2.77. The molecule has 7 atom stereocenters. The summed E-state index contributed by atoms with van der Waals surface area (Å²) in [5, 5.41) is 31.8. The van der Waals surface area contributed by atoms with Crippen LogP contribution in [0.15, 0.2) is 24.3 Å². The number of piperazine rings is 1. The minimum Gasteiger partial charge on any atom is -0.456 e. The van der Waals surface area contributed by atoms with Gasteiger partial charge in [-0.15, -0.1) is 0 Å². The molecule has 170 valence electrons. The molecule has 2 unspecified atom stereocenters. The number of Topliss-reactive ketones (excluding diaryl/α,β-unsaturated/α-hetero) is 1. The van der Waals surface area contributed by atoms with Crippen LogP contribution in [-0.4, -0.2) is 84.4 Å². The second kappa shape index (κ2) is 6.56. The van der Waals surface area contributed by atoms with Gasteiger partial charge in [0.2, 0.25) is 4.87 Å². The number of nitrogens with zero attached hydrogens (tertiary/aromatic N) is 2. The van der Waals surface area contributed by atoms with E-state index in [1.54, 1.807) is 12.1 Å². The van der Waals surface area contributed by atoms with Gasteiger partial charge in [-0.25, -0.2) is 0 Å². The first kappa shape index (κ1) is 21.1. The van der Waals surface area contributed by atoms with Crippen molar-refractivity contribution in [2.24, 2.45) is 0 Å². The highest BCUT2D eigenvalue weighted by molar-refractivity contribution is 9.09. The van der Waals surface area contributed by atoms with Crippen molar-refractivity contribution in [1.29, 1.82) is 0 Å². The number of hydroxylamine groups is 2. The number of para-hydroxylation sites is 1. The maximum absolute atomic E-state index is 14.0. The molecule has 7 rings (SSSR count). The van der Waals surface area contributed by atoms with E-state index >= 15 is 0 Å². The number of carbonyl (C=O) groups is 3. The molecule has 32 heavy (non-hydrogen) atoms. The second-order valence-corrected chi connectivity index (χ2v) is 12.8. The molecular formula is C19H18N2O8S3. The van der Waals surface area contributed by atoms with Gasteiger partial charge in [0, 0.05) is 25.5 Å². The lowest BCUT2D eigenvalue weighted by molar-refractivity contribution is -0.252. The Bertz CT molecular complexity index is 1070. The molecule has 1 aliphatic carbocycles. The van der Waals surface area contributed by atoms with Gasteiger partial charge in [0.25, 0.3) is 11.6 Å². The van der Waals surface area contributed by atoms with E-state index in [2.05, 4.69) is 0 Å². The predicted octanol–water partition coefficient (Wildman–Crippen LogP) is -0.0139. The monoisotopic (exact) mass is 498 g/mol. The maximum atomic E-state index is 14.0. The highest BCUT2D eigenvalue weighted by Crippen LogP contribution is 2.68. The molecule has 2 amide bonds. The average molecular weight is 499 g/mol. The van der Waals surface area contributed by atoms with E-state index in [9.17, 15) is 29.7 Å². The summed E-state index contributed by atoms with van der Waals surface area (Å²) in [6.07, 6.45) is -5.37. The van der Waals surface area contributed by atoms with E-state index in [1.165, 1.54) is 32.6 Å². The summed E-state index contributed by atoms with van der Waals surface area (Å²) < 4.78 is 6.13. The number of hydrogen-bond acceptors (Lipinski definition) is 11. The summed E-state index contributed by atoms with van der Waals surface area (Å²) in [7, 11) is 4.91. The number of rotatable bonds is 0. The Labute approximate surface area is 193 Å². The minimum atomic E-state index is -2.04. The molecule has 13 heteroatoms. The second-order valence-electron chi connectivity index (χ2n) is 8.47. The quantitative estimate of drug-likeness (QED) is 0.417. The summed E-state index contributed by atoms with van der Waals surface area (Å²) >= 11 is 0. The van der Waals surface area contributed by atoms with Crippen LogP contribution in [0.1, 0.15) is 23.7 Å². The molecule has 1 saturated carbocycles. The van der Waals surface area contributed by atoms with Crippen molar-refractivity contribution in [2.45, 2.75) is 52.6 Å². The number of ketones is 1. The van der Waals surface area contributed by atoms with Gasteiger partial charge in [0.1, 0.15) is 17.1 Å². The van der Waals surface area contributed by atoms with Crippen LogP contribution in [0.3, 0.4) is 0 Å². The normalized spacial score (nSPS) is 44.8. The zero-order chi connectivity index (χ0) is 22.6. The van der Waals surface area contributed by atoms with E-state index in [1.807, 2.05) is 12.1 Å². The van der Waals surface area contributed by atoms with Crippen LogP contribution in [0.2, 0.25) is 0 Å². The van der Waals surface area contributed by atoms with Gasteiger partial charge in [-0.3, -0.25) is 24.1 Å². The smallest absolute Gasteiger partial charge is 0.315 e. The van der Waals surface area contributed by atoms with Crippen molar-refractivity contribution in [3.8, 4) is 5.75 Å². The van der Waals surface area contributed by atoms with E-state index < -0.39 is 70.2 Å². The summed E-state index contributed by atoms with van der Waals surface area (Å²) in [5.74, 6) is -1.59. The molecule has 2 bridgehead atoms. The van der Waals surface area contributed by atoms with Crippen LogP contribution in [0.25, 0.3) is 0 Å². The van der Waals surface area contributed by atoms with Crippen LogP contribution in [0.4, 0.5) is 0 Å². The van der Waals surface area contributed by atoms with Crippen LogP contribution >= 0.6 is 31.4 Å². The van der Waals surface area contributed by atoms with Crippen molar-refractivity contribution in [2.75, 3.05) is 7.05 Å². The molecule has 3 spiro atoms. The molecule has 5 fully saturated rings. The number of fused-ring (bicyclic) bond motifs is 4. The molecule has 3 N–H and O–H groups in total. The van der Waals surface area contributed by atoms with Crippen LogP contribution < -0.4 is 4.74 Å². The fourth-order valence-corrected chi connectivity index (χ4v) is 10.8. The Hall–Kier alpha value is -1.48. The third-order valence-electron chi connectivity index (χ3n) is 6.91. The number of ether oxygens (including phenoxy) is 1. The number of aliphatic hydroxyl groups excluding tert-OH is 3. The summed E-state index contributed by atoms with van der Waals surface area (Å²) in [4.78, 5) is 45.9. The Morgan fingerprint density at radius 1 is 1.09 bits per heavy atom. The molecular weight excluding hydrogens is 480 g/mol. The number of carbonyl (C=O) groups excluding carboxylic acids is 3. The molecule has 0 aromatic heterocycles. The number of amides is 2. The molecule has 1 aromatic carbocycles. The van der Waals surface area contributed by atoms with Crippen molar-refractivity contribution in [1.82, 2.24) is 9.96 Å². The summed E-state index contributed by atoms with van der Waals surface area (Å²) in [6.45, 7) is 0. The first-order valence-electron chi connectivity index (χ1n) is 9.89. The first-order chi connectivity index (χ1) is 15.2. The molecule has 1 aromatic rings. The Morgan fingerprint density at radius 3 is 2.62 bits per heavy atom. The fourth-order valence-electron chi connectivity index (χ4n) is 5.16. The summed E-state index contributed by atoms with van der Waals surface area (Å²) in [5.41, 5.74) is -3.06. The van der Waals surface area contributed by atoms with Crippen molar-refractivity contribution >= 4 is 49.0 Å². The van der Waals surface area contributed by atoms with Gasteiger partial charge < -0.3 is 20.1 Å². The van der Waals surface area contributed by atoms with Gasteiger partial charge in [0.15, 0.2) is 11.4 Å². The molecule has 4 saturated heterocycles. The van der Waals surface area contributed by atoms with E-state index in [0.29, 0.717) is 5.75 Å². The fraction of sp³-hybridized carbons (Fsp3) is 0.526. The number of hydrogen-bond donors (Lipinski definition) is 3. The zero-order valence-electron chi connectivity index (χ0n) is 16.5. The lowest BCUT2D eigenvalue weighted by atomic mass is 9.75. The predicted molar refractivity (Wildman–Crippen MR) is 114 cm³/mol. The Morgan fingerprint density at radius 2 is 1.84 bits per heavy atom. The molecule has 5 aliphatic heterocycles. The lowest BCUT2D eigenvalue weighted by Gasteiger charge is -2.52. The molecule has 5 heterocycles. The first-order valence-corrected chi connectivity index (χ1v) is 13.4. The average Bonchev–Trinajstić information content (AvgIpc) is 3.22. The van der Waals surface area contributed by atoms with Gasteiger partial charge in [-0.05, 0) is 26.7 Å². The van der Waals surface area contributed by atoms with Crippen LogP contribution in [-0.2, 0) is 19.2 Å². The van der Waals surface area contributed by atoms with Crippen LogP contribution in [0.5, 0.6) is 5.75 Å². The highest BCUT2D eigenvalue weighted by atomic mass is 33.5. The molecule has 0 radical (unpaired) electrons. The molecule has 10 nitrogen and oxygen atoms in total. The van der Waals surface area contributed by atoms with Gasteiger partial charge in [0.05, 0.1) is 12.2 Å². The highest BCUT2D eigenvalue weighted by Gasteiger charge is 2.81. The largest absolute Gasteiger partial charge is 0.456 e. The standard InChI is InChI=1S/C19H18N2O8S3/c1-20-16(27)19-14(25)17(7-10(23)9(22)6-12(17)24)29-21(19)15(26)18(20)13(30-32-31-19)8-4-2-3-5-11(8)28-18/h2-5,9-10,13-14,22-23,25H,6-7H2,1H3/t9-,10+,13?,14-,17+,18+,19?/m1/s1. The van der Waals surface area contributed by atoms with Crippen molar-refractivity contribution in [3.05, 3.63) is 29.8 Å². The van der Waals surface area contributed by atoms with Crippen molar-refractivity contribution in [3.63, 3.8) is 0 Å². The van der Waals surface area contributed by atoms with Gasteiger partial charge in [-0.1, -0.05) is 29.0 Å². The number of benzene rings is 1. The maximum Gasteiger partial charge on any atom is 0.315 e. The van der Waals surface area contributed by atoms with E-state index in [-0.39, 0.29) is 0 Å². The summed E-state index contributed by atoms with van der Waals surface area (Å²) in [6, 6.07) is 7.12. The third-order valence-corrected chi connectivity index (χ3v) is 11.7. The van der Waals surface area contributed by atoms with E-state index in [4.69, 9.17) is 9.57 Å². The van der Waals surface area contributed by atoms with Crippen LogP contribution in [0, 0.1) is 0 Å². The SMILES string of the molecule is CN1C(=O)C23SSSC4c5ccccc5O[C@]41C(=O)N2O[C@]1(C[C@H](O)[C@H](O)CC1=O)[C@H]3O. The zero-order valence-corrected chi connectivity index (χ0v) is 19.0. The Balaban J connectivity index is 1.52.